The quantitative estimate of drug-likeness (QED) is 0.272. The van der Waals surface area contributed by atoms with E-state index in [1.165, 1.54) is 37.7 Å². The van der Waals surface area contributed by atoms with Gasteiger partial charge >= 0.3 is 0 Å². The molecule has 0 N–H and O–H groups in total. The number of furan rings is 1. The van der Waals surface area contributed by atoms with Gasteiger partial charge in [0.05, 0.1) is 0 Å². The van der Waals surface area contributed by atoms with Crippen LogP contribution in [0.5, 0.6) is 0 Å². The molecule has 198 valence electrons. The van der Waals surface area contributed by atoms with Gasteiger partial charge in [-0.3, -0.25) is 4.99 Å². The monoisotopic (exact) mass is 481 g/mol. The van der Waals surface area contributed by atoms with Gasteiger partial charge < -0.3 is 4.42 Å². The summed E-state index contributed by atoms with van der Waals surface area (Å²) >= 11 is 0. The van der Waals surface area contributed by atoms with Crippen LogP contribution in [0.15, 0.2) is 59.0 Å². The van der Waals surface area contributed by atoms with E-state index in [1.54, 1.807) is 13.3 Å². The molecule has 0 saturated carbocycles. The molecule has 2 rings (SSSR count). The van der Waals surface area contributed by atoms with Gasteiger partial charge in [0.25, 0.3) is 0 Å². The van der Waals surface area contributed by atoms with Crippen LogP contribution in [0.3, 0.4) is 0 Å². The normalized spacial score (nSPS) is 9.57. The van der Waals surface area contributed by atoms with Crippen molar-refractivity contribution in [2.24, 2.45) is 4.99 Å². The van der Waals surface area contributed by atoms with Crippen LogP contribution in [0, 0.1) is 13.8 Å². The first kappa shape index (κ1) is 36.9. The summed E-state index contributed by atoms with van der Waals surface area (Å²) in [6.45, 7) is 28.2. The number of nitrogens with zero attached hydrogens (tertiary/aromatic N) is 1. The van der Waals surface area contributed by atoms with Gasteiger partial charge in [0.15, 0.2) is 0 Å². The molecule has 0 saturated heterocycles. The Morgan fingerprint density at radius 3 is 1.71 bits per heavy atom. The highest BCUT2D eigenvalue weighted by Crippen LogP contribution is 2.27. The van der Waals surface area contributed by atoms with Crippen LogP contribution in [0.2, 0.25) is 0 Å². The van der Waals surface area contributed by atoms with Crippen molar-refractivity contribution in [3.05, 3.63) is 77.8 Å². The Kier molecular flexibility index (Phi) is 27.5. The highest BCUT2D eigenvalue weighted by molar-refractivity contribution is 5.80. The lowest BCUT2D eigenvalue weighted by molar-refractivity contribution is 0.519. The second kappa shape index (κ2) is 26.0. The van der Waals surface area contributed by atoms with Crippen molar-refractivity contribution in [1.82, 2.24) is 0 Å². The molecule has 1 heterocycles. The number of hydrogen-bond acceptors (Lipinski definition) is 2. The number of benzene rings is 1. The molecule has 1 aromatic carbocycles. The fourth-order valence-electron chi connectivity index (χ4n) is 2.95. The highest BCUT2D eigenvalue weighted by Gasteiger charge is 2.11. The van der Waals surface area contributed by atoms with Gasteiger partial charge in [-0.2, -0.15) is 0 Å². The van der Waals surface area contributed by atoms with E-state index in [2.05, 4.69) is 44.1 Å². The van der Waals surface area contributed by atoms with Gasteiger partial charge in [0, 0.05) is 24.4 Å². The fourth-order valence-corrected chi connectivity index (χ4v) is 2.95. The molecule has 1 aromatic heterocycles. The topological polar surface area (TPSA) is 25.5 Å². The van der Waals surface area contributed by atoms with Crippen LogP contribution >= 0.6 is 0 Å². The second-order valence-corrected chi connectivity index (χ2v) is 7.78. The van der Waals surface area contributed by atoms with E-state index in [4.69, 9.17) is 4.42 Å². The molecule has 0 unspecified atom stereocenters. The summed E-state index contributed by atoms with van der Waals surface area (Å²) in [5.41, 5.74) is 5.56. The predicted molar refractivity (Wildman–Crippen MR) is 165 cm³/mol. The van der Waals surface area contributed by atoms with Crippen LogP contribution in [-0.4, -0.2) is 13.3 Å². The van der Waals surface area contributed by atoms with Crippen molar-refractivity contribution in [1.29, 1.82) is 0 Å². The maximum atomic E-state index is 5.64. The molecule has 0 aliphatic carbocycles. The molecular weight excluding hydrogens is 426 g/mol. The second-order valence-electron chi connectivity index (χ2n) is 7.78. The van der Waals surface area contributed by atoms with Crippen LogP contribution < -0.4 is 0 Å². The molecule has 0 spiro atoms. The minimum atomic E-state index is 0.889. The Hall–Kier alpha value is -2.61. The van der Waals surface area contributed by atoms with Gasteiger partial charge in [-0.25, -0.2) is 0 Å². The van der Waals surface area contributed by atoms with Crippen LogP contribution in [0.25, 0.3) is 17.2 Å². The molecule has 0 bridgehead atoms. The van der Waals surface area contributed by atoms with Crippen molar-refractivity contribution in [2.75, 3.05) is 7.05 Å². The lowest BCUT2D eigenvalue weighted by Gasteiger charge is -1.94. The Balaban J connectivity index is -0.000000439. The van der Waals surface area contributed by atoms with E-state index in [0.717, 1.165) is 33.8 Å². The molecule has 0 amide bonds. The first-order valence-electron chi connectivity index (χ1n) is 13.4. The Morgan fingerprint density at radius 1 is 0.857 bits per heavy atom. The van der Waals surface area contributed by atoms with Gasteiger partial charge in [-0.05, 0) is 51.0 Å². The minimum Gasteiger partial charge on any atom is -0.461 e. The van der Waals surface area contributed by atoms with Gasteiger partial charge in [-0.1, -0.05) is 123 Å². The smallest absolute Gasteiger partial charge is 0.132 e. The van der Waals surface area contributed by atoms with Crippen LogP contribution in [0.1, 0.15) is 116 Å². The van der Waals surface area contributed by atoms with Crippen molar-refractivity contribution >= 4 is 23.4 Å². The molecule has 2 nitrogen and oxygen atoms in total. The highest BCUT2D eigenvalue weighted by atomic mass is 16.3. The number of aryl methyl sites for hydroxylation is 1. The lowest BCUT2D eigenvalue weighted by Crippen LogP contribution is -1.79. The Bertz CT molecular complexity index is 818. The molecule has 35 heavy (non-hydrogen) atoms. The molecule has 0 aliphatic heterocycles. The van der Waals surface area contributed by atoms with E-state index < -0.39 is 0 Å². The number of hydrogen-bond donors (Lipinski definition) is 0. The number of unbranched alkanes of at least 4 members (excludes halogenated alkanes) is 4. The first-order valence-corrected chi connectivity index (χ1v) is 13.4. The summed E-state index contributed by atoms with van der Waals surface area (Å²) in [6.07, 6.45) is 12.7. The van der Waals surface area contributed by atoms with Crippen molar-refractivity contribution in [3.8, 4) is 0 Å². The summed E-state index contributed by atoms with van der Waals surface area (Å²) in [4.78, 5) is 3.89. The largest absolute Gasteiger partial charge is 0.461 e. The van der Waals surface area contributed by atoms with Gasteiger partial charge in [0.2, 0.25) is 0 Å². The van der Waals surface area contributed by atoms with E-state index >= 15 is 0 Å². The zero-order valence-corrected chi connectivity index (χ0v) is 24.9. The standard InChI is InChI=1S/C13H17NO.C9H10.C7H16.2C2H6/c1-9(2)13-10(3)12(11(4)15-13)7-6-8-14-5;1-8(2)9-6-4-3-5-7-9;1-3-5-7-6-4-2;2*1-2/h6-8H,1H2,2-5H3;3-7H,1H2,2H3;3-7H2,1-2H3;2*1-2H3/b7-6-,14-8?;;;;. The fraction of sp³-hybridized carbons (Fsp3) is 0.485. The summed E-state index contributed by atoms with van der Waals surface area (Å²) in [5, 5.41) is 0. The van der Waals surface area contributed by atoms with E-state index in [1.807, 2.05) is 85.7 Å². The number of rotatable bonds is 8. The maximum Gasteiger partial charge on any atom is 0.132 e. The third-order valence-corrected chi connectivity index (χ3v) is 4.74. The number of aliphatic imine (C=N–C) groups is 1. The molecule has 0 fully saturated rings. The predicted octanol–water partition coefficient (Wildman–Crippen LogP) is 11.4. The first-order chi connectivity index (χ1) is 16.8. The van der Waals surface area contributed by atoms with Crippen LogP contribution in [0.4, 0.5) is 0 Å². The molecule has 0 radical (unpaired) electrons. The van der Waals surface area contributed by atoms with E-state index in [-0.39, 0.29) is 0 Å². The molecular formula is C33H55NO. The maximum absolute atomic E-state index is 5.64. The lowest BCUT2D eigenvalue weighted by atomic mass is 10.1. The average Bonchev–Trinajstić information content (AvgIpc) is 3.17. The van der Waals surface area contributed by atoms with Crippen LogP contribution in [-0.2, 0) is 0 Å². The SMILES string of the molecule is C=C(C)c1ccccc1.C=C(C)c1oc(C)c(/C=C\C=NC)c1C.CC.CC.CCCCCCC. The Morgan fingerprint density at radius 2 is 1.37 bits per heavy atom. The zero-order valence-electron chi connectivity index (χ0n) is 24.9. The number of allylic oxidation sites excluding steroid dienone is 3. The third kappa shape index (κ3) is 18.4. The third-order valence-electron chi connectivity index (χ3n) is 4.74. The summed E-state index contributed by atoms with van der Waals surface area (Å²) in [7, 11) is 1.75. The molecule has 2 heteroatoms. The molecule has 0 atom stereocenters. The molecule has 0 aliphatic rings. The summed E-state index contributed by atoms with van der Waals surface area (Å²) in [6, 6.07) is 10.2. The van der Waals surface area contributed by atoms with E-state index in [0.29, 0.717) is 0 Å². The van der Waals surface area contributed by atoms with Gasteiger partial charge in [-0.15, -0.1) is 0 Å². The van der Waals surface area contributed by atoms with Crippen molar-refractivity contribution in [2.45, 2.75) is 101 Å². The summed E-state index contributed by atoms with van der Waals surface area (Å²) < 4.78 is 5.64. The van der Waals surface area contributed by atoms with Gasteiger partial charge in [0.1, 0.15) is 11.5 Å². The molecule has 2 aromatic rings. The Labute approximate surface area is 219 Å². The zero-order chi connectivity index (χ0) is 27.6. The average molecular weight is 482 g/mol. The van der Waals surface area contributed by atoms with Crippen molar-refractivity contribution < 1.29 is 4.42 Å². The van der Waals surface area contributed by atoms with Crippen molar-refractivity contribution in [3.63, 3.8) is 0 Å². The summed E-state index contributed by atoms with van der Waals surface area (Å²) in [5.74, 6) is 1.81. The van der Waals surface area contributed by atoms with E-state index in [9.17, 15) is 0 Å². The minimum absolute atomic E-state index is 0.889.